The number of halogens is 1. The lowest BCUT2D eigenvalue weighted by Gasteiger charge is -2.14. The predicted molar refractivity (Wildman–Crippen MR) is 74.0 cm³/mol. The second-order valence-electron chi connectivity index (χ2n) is 3.79. The fraction of sp³-hybridized carbons (Fsp3) is 0.231. The van der Waals surface area contributed by atoms with E-state index in [-0.39, 0.29) is 0 Å². The molecule has 0 aliphatic carbocycles. The fourth-order valence-electron chi connectivity index (χ4n) is 1.78. The Balaban J connectivity index is 2.16. The molecular weight excluding hydrogens is 282 g/mol. The van der Waals surface area contributed by atoms with Gasteiger partial charge in [-0.2, -0.15) is 11.3 Å². The van der Waals surface area contributed by atoms with Crippen LogP contribution in [0.1, 0.15) is 17.0 Å². The van der Waals surface area contributed by atoms with Gasteiger partial charge in [0, 0.05) is 15.8 Å². The van der Waals surface area contributed by atoms with Crippen molar-refractivity contribution in [1.29, 1.82) is 0 Å². The van der Waals surface area contributed by atoms with Crippen LogP contribution in [0, 0.1) is 0 Å². The first-order valence-electron chi connectivity index (χ1n) is 5.27. The van der Waals surface area contributed by atoms with E-state index in [1.54, 1.807) is 11.3 Å². The first kappa shape index (κ1) is 11.8. The minimum Gasteiger partial charge on any atom is -0.330 e. The number of rotatable bonds is 4. The summed E-state index contributed by atoms with van der Waals surface area (Å²) in [5, 5.41) is 4.31. The predicted octanol–water partition coefficient (Wildman–Crippen LogP) is 3.80. The average Bonchev–Trinajstić information content (AvgIpc) is 2.73. The molecule has 0 saturated heterocycles. The van der Waals surface area contributed by atoms with Gasteiger partial charge in [-0.15, -0.1) is 0 Å². The lowest BCUT2D eigenvalue weighted by atomic mass is 9.93. The van der Waals surface area contributed by atoms with Crippen molar-refractivity contribution in [2.24, 2.45) is 5.73 Å². The van der Waals surface area contributed by atoms with E-state index in [1.165, 1.54) is 15.6 Å². The van der Waals surface area contributed by atoms with Gasteiger partial charge in [0.25, 0.3) is 0 Å². The molecule has 1 aromatic carbocycles. The Labute approximate surface area is 108 Å². The summed E-state index contributed by atoms with van der Waals surface area (Å²) in [6, 6.07) is 10.5. The number of benzene rings is 1. The van der Waals surface area contributed by atoms with Crippen molar-refractivity contribution in [2.75, 3.05) is 6.54 Å². The Hall–Kier alpha value is -0.640. The van der Waals surface area contributed by atoms with Crippen LogP contribution < -0.4 is 5.73 Å². The molecule has 1 unspecified atom stereocenters. The summed E-state index contributed by atoms with van der Waals surface area (Å²) in [5.74, 6) is 0.409. The highest BCUT2D eigenvalue weighted by molar-refractivity contribution is 9.10. The summed E-state index contributed by atoms with van der Waals surface area (Å²) >= 11 is 5.29. The van der Waals surface area contributed by atoms with Crippen LogP contribution in [0.4, 0.5) is 0 Å². The van der Waals surface area contributed by atoms with Crippen molar-refractivity contribution in [3.8, 4) is 0 Å². The van der Waals surface area contributed by atoms with Gasteiger partial charge in [-0.25, -0.2) is 0 Å². The van der Waals surface area contributed by atoms with Crippen molar-refractivity contribution >= 4 is 27.3 Å². The van der Waals surface area contributed by atoms with Gasteiger partial charge < -0.3 is 5.73 Å². The number of hydrogen-bond donors (Lipinski definition) is 1. The van der Waals surface area contributed by atoms with Crippen molar-refractivity contribution < 1.29 is 0 Å². The molecule has 1 atom stereocenters. The van der Waals surface area contributed by atoms with Crippen molar-refractivity contribution in [3.63, 3.8) is 0 Å². The largest absolute Gasteiger partial charge is 0.330 e. The first-order valence-corrected chi connectivity index (χ1v) is 7.00. The smallest absolute Gasteiger partial charge is 0.0314 e. The number of hydrogen-bond acceptors (Lipinski definition) is 2. The van der Waals surface area contributed by atoms with Crippen molar-refractivity contribution in [3.05, 3.63) is 56.7 Å². The normalized spacial score (nSPS) is 12.6. The quantitative estimate of drug-likeness (QED) is 0.912. The fourth-order valence-corrected chi connectivity index (χ4v) is 3.26. The van der Waals surface area contributed by atoms with Gasteiger partial charge in [-0.3, -0.25) is 0 Å². The lowest BCUT2D eigenvalue weighted by molar-refractivity contribution is 0.694. The molecule has 3 heteroatoms. The van der Waals surface area contributed by atoms with Crippen LogP contribution in [0.25, 0.3) is 0 Å². The van der Waals surface area contributed by atoms with E-state index in [9.17, 15) is 0 Å². The lowest BCUT2D eigenvalue weighted by Crippen LogP contribution is -2.14. The summed E-state index contributed by atoms with van der Waals surface area (Å²) in [6.45, 7) is 0.687. The minimum absolute atomic E-state index is 0.409. The zero-order chi connectivity index (χ0) is 11.4. The topological polar surface area (TPSA) is 26.0 Å². The second kappa shape index (κ2) is 5.62. The molecular formula is C13H14BrNS. The van der Waals surface area contributed by atoms with Gasteiger partial charge >= 0.3 is 0 Å². The van der Waals surface area contributed by atoms with Crippen LogP contribution in [0.3, 0.4) is 0 Å². The van der Waals surface area contributed by atoms with E-state index >= 15 is 0 Å². The van der Waals surface area contributed by atoms with E-state index in [4.69, 9.17) is 5.73 Å². The molecule has 2 rings (SSSR count). The Morgan fingerprint density at radius 2 is 1.94 bits per heavy atom. The Bertz CT molecular complexity index is 438. The summed E-state index contributed by atoms with van der Waals surface area (Å²) in [7, 11) is 0. The Morgan fingerprint density at radius 1 is 1.19 bits per heavy atom. The summed E-state index contributed by atoms with van der Waals surface area (Å²) in [6.07, 6.45) is 1.00. The molecule has 1 nitrogen and oxygen atoms in total. The summed E-state index contributed by atoms with van der Waals surface area (Å²) < 4.78 is 1.20. The van der Waals surface area contributed by atoms with E-state index in [0.29, 0.717) is 12.5 Å². The third kappa shape index (κ3) is 2.73. The third-order valence-electron chi connectivity index (χ3n) is 2.71. The molecule has 2 N–H and O–H groups in total. The van der Waals surface area contributed by atoms with Crippen molar-refractivity contribution in [1.82, 2.24) is 0 Å². The number of nitrogens with two attached hydrogens (primary N) is 1. The molecule has 0 spiro atoms. The highest BCUT2D eigenvalue weighted by Gasteiger charge is 2.12. The molecule has 1 heterocycles. The van der Waals surface area contributed by atoms with Crippen LogP contribution in [-0.2, 0) is 6.42 Å². The summed E-state index contributed by atoms with van der Waals surface area (Å²) in [5.41, 5.74) is 8.53. The van der Waals surface area contributed by atoms with E-state index in [0.717, 1.165) is 6.42 Å². The first-order chi connectivity index (χ1) is 7.81. The van der Waals surface area contributed by atoms with Crippen LogP contribution in [0.15, 0.2) is 45.6 Å². The molecule has 0 amide bonds. The maximum atomic E-state index is 5.86. The molecule has 1 aromatic heterocycles. The third-order valence-corrected chi connectivity index (χ3v) is 4.54. The van der Waals surface area contributed by atoms with Gasteiger partial charge in [0.05, 0.1) is 0 Å². The molecule has 0 aliphatic heterocycles. The average molecular weight is 296 g/mol. The molecule has 0 radical (unpaired) electrons. The standard InChI is InChI=1S/C13H14BrNS/c14-13-9-16-8-12(13)6-11(7-15)10-4-2-1-3-5-10/h1-5,8-9,11H,6-7,15H2. The molecule has 0 fully saturated rings. The zero-order valence-electron chi connectivity index (χ0n) is 8.90. The van der Waals surface area contributed by atoms with Gasteiger partial charge in [0.2, 0.25) is 0 Å². The molecule has 0 saturated carbocycles. The van der Waals surface area contributed by atoms with Gasteiger partial charge in [-0.1, -0.05) is 30.3 Å². The van der Waals surface area contributed by atoms with E-state index in [2.05, 4.69) is 51.0 Å². The summed E-state index contributed by atoms with van der Waals surface area (Å²) in [4.78, 5) is 0. The van der Waals surface area contributed by atoms with E-state index in [1.807, 2.05) is 6.07 Å². The maximum absolute atomic E-state index is 5.86. The van der Waals surface area contributed by atoms with Gasteiger partial charge in [-0.05, 0) is 45.4 Å². The van der Waals surface area contributed by atoms with Crippen LogP contribution >= 0.6 is 27.3 Å². The van der Waals surface area contributed by atoms with E-state index < -0.39 is 0 Å². The molecule has 84 valence electrons. The van der Waals surface area contributed by atoms with Crippen LogP contribution in [-0.4, -0.2) is 6.54 Å². The molecule has 16 heavy (non-hydrogen) atoms. The molecule has 2 aromatic rings. The zero-order valence-corrected chi connectivity index (χ0v) is 11.3. The minimum atomic E-state index is 0.409. The van der Waals surface area contributed by atoms with Crippen LogP contribution in [0.5, 0.6) is 0 Å². The Morgan fingerprint density at radius 3 is 2.50 bits per heavy atom. The second-order valence-corrected chi connectivity index (χ2v) is 5.39. The number of thiophene rings is 1. The Kier molecular flexibility index (Phi) is 4.16. The van der Waals surface area contributed by atoms with Gasteiger partial charge in [0.1, 0.15) is 0 Å². The van der Waals surface area contributed by atoms with Gasteiger partial charge in [0.15, 0.2) is 0 Å². The monoisotopic (exact) mass is 295 g/mol. The molecule has 0 aliphatic rings. The molecule has 0 bridgehead atoms. The SMILES string of the molecule is NCC(Cc1cscc1Br)c1ccccc1. The van der Waals surface area contributed by atoms with Crippen LogP contribution in [0.2, 0.25) is 0 Å². The highest BCUT2D eigenvalue weighted by Crippen LogP contribution is 2.27. The highest BCUT2D eigenvalue weighted by atomic mass is 79.9. The van der Waals surface area contributed by atoms with Crippen molar-refractivity contribution in [2.45, 2.75) is 12.3 Å². The maximum Gasteiger partial charge on any atom is 0.0314 e.